The van der Waals surface area contributed by atoms with Gasteiger partial charge < -0.3 is 20.3 Å². The van der Waals surface area contributed by atoms with E-state index in [-0.39, 0.29) is 18.5 Å². The molecule has 0 spiro atoms. The van der Waals surface area contributed by atoms with E-state index in [0.717, 1.165) is 44.9 Å². The van der Waals surface area contributed by atoms with Crippen LogP contribution in [0.5, 0.6) is 0 Å². The maximum absolute atomic E-state index is 12.5. The first-order valence-corrected chi connectivity index (χ1v) is 31.4. The summed E-state index contributed by atoms with van der Waals surface area (Å²) in [6.45, 7) is 4.96. The maximum atomic E-state index is 12.5. The van der Waals surface area contributed by atoms with E-state index in [0.29, 0.717) is 25.9 Å². The number of hydrogen-bond acceptors (Lipinski definition) is 5. The predicted molar refractivity (Wildman–Crippen MR) is 301 cm³/mol. The SMILES string of the molecule is CCCCCCCC/C=C\CCCCCCCC(=O)OCCCCCCCCCCCCCCCCCCCC(=O)NC(CO)C(O)CCCCCCCCCCCCCCCCCCCCCC. The number of nitrogens with one attached hydrogen (secondary N) is 1. The maximum Gasteiger partial charge on any atom is 0.305 e. The number of carbonyl (C=O) groups is 2. The second-order valence-electron chi connectivity index (χ2n) is 21.7. The van der Waals surface area contributed by atoms with Crippen LogP contribution in [0, 0.1) is 0 Å². The zero-order valence-electron chi connectivity index (χ0n) is 46.8. The van der Waals surface area contributed by atoms with E-state index in [4.69, 9.17) is 4.74 Å². The fourth-order valence-electron chi connectivity index (χ4n) is 9.99. The van der Waals surface area contributed by atoms with Gasteiger partial charge in [-0.05, 0) is 51.4 Å². The zero-order valence-corrected chi connectivity index (χ0v) is 46.8. The fourth-order valence-corrected chi connectivity index (χ4v) is 9.99. The molecule has 3 N–H and O–H groups in total. The smallest absolute Gasteiger partial charge is 0.305 e. The van der Waals surface area contributed by atoms with Gasteiger partial charge in [0.05, 0.1) is 25.4 Å². The highest BCUT2D eigenvalue weighted by Crippen LogP contribution is 2.18. The summed E-state index contributed by atoms with van der Waals surface area (Å²) in [4.78, 5) is 24.6. The monoisotopic (exact) mass is 974 g/mol. The Balaban J connectivity index is 3.41. The molecule has 410 valence electrons. The third-order valence-electron chi connectivity index (χ3n) is 14.8. The van der Waals surface area contributed by atoms with Crippen molar-refractivity contribution in [2.24, 2.45) is 0 Å². The van der Waals surface area contributed by atoms with Crippen molar-refractivity contribution in [3.05, 3.63) is 12.2 Å². The number of ether oxygens (including phenoxy) is 1. The van der Waals surface area contributed by atoms with E-state index in [1.165, 1.54) is 276 Å². The first kappa shape index (κ1) is 67.6. The quantitative estimate of drug-likeness (QED) is 0.0321. The van der Waals surface area contributed by atoms with E-state index < -0.39 is 12.1 Å². The lowest BCUT2D eigenvalue weighted by Gasteiger charge is -2.22. The molecule has 0 aliphatic rings. The Hall–Kier alpha value is -1.40. The molecule has 0 aliphatic carbocycles. The van der Waals surface area contributed by atoms with Crippen LogP contribution in [-0.4, -0.2) is 47.4 Å². The number of hydrogen-bond donors (Lipinski definition) is 3. The van der Waals surface area contributed by atoms with Gasteiger partial charge in [-0.25, -0.2) is 0 Å². The molecule has 0 aromatic heterocycles. The standard InChI is InChI=1S/C63H123NO5/c1-3-5-7-9-11-13-15-17-19-20-21-22-24-28-31-35-39-43-47-51-55-61(66)60(59-65)64-62(67)56-52-48-44-40-36-32-29-25-23-26-30-34-38-42-46-50-54-58-69-63(68)57-53-49-45-41-37-33-27-18-16-14-12-10-8-6-4-2/h18,27,60-61,65-66H,3-17,19-26,28-59H2,1-2H3,(H,64,67)/b27-18-. The molecule has 0 saturated heterocycles. The minimum absolute atomic E-state index is 0.00146. The van der Waals surface area contributed by atoms with Gasteiger partial charge in [0.2, 0.25) is 5.91 Å². The lowest BCUT2D eigenvalue weighted by atomic mass is 10.0. The van der Waals surface area contributed by atoms with Crippen LogP contribution in [0.4, 0.5) is 0 Å². The van der Waals surface area contributed by atoms with E-state index in [1.807, 2.05) is 0 Å². The number of amides is 1. The lowest BCUT2D eigenvalue weighted by molar-refractivity contribution is -0.143. The average molecular weight is 975 g/mol. The molecule has 69 heavy (non-hydrogen) atoms. The summed E-state index contributed by atoms with van der Waals surface area (Å²) in [5.41, 5.74) is 0. The predicted octanol–water partition coefficient (Wildman–Crippen LogP) is 19.6. The molecule has 0 bridgehead atoms. The van der Waals surface area contributed by atoms with Crippen LogP contribution in [-0.2, 0) is 14.3 Å². The van der Waals surface area contributed by atoms with E-state index in [1.54, 1.807) is 0 Å². The van der Waals surface area contributed by atoms with Crippen LogP contribution in [0.25, 0.3) is 0 Å². The number of unbranched alkanes of at least 4 members (excludes halogenated alkanes) is 46. The molecule has 1 amide bonds. The molecular weight excluding hydrogens is 851 g/mol. The number of aliphatic hydroxyl groups excluding tert-OH is 2. The van der Waals surface area contributed by atoms with E-state index in [9.17, 15) is 19.8 Å². The number of allylic oxidation sites excluding steroid dienone is 2. The first-order valence-electron chi connectivity index (χ1n) is 31.4. The summed E-state index contributed by atoms with van der Waals surface area (Å²) in [7, 11) is 0. The van der Waals surface area contributed by atoms with Gasteiger partial charge in [0, 0.05) is 12.8 Å². The summed E-state index contributed by atoms with van der Waals surface area (Å²) in [6.07, 6.45) is 70.7. The Morgan fingerprint density at radius 2 is 0.681 bits per heavy atom. The van der Waals surface area contributed by atoms with Gasteiger partial charge in [-0.1, -0.05) is 302 Å². The van der Waals surface area contributed by atoms with Crippen LogP contribution < -0.4 is 5.32 Å². The fraction of sp³-hybridized carbons (Fsp3) is 0.937. The van der Waals surface area contributed by atoms with Crippen LogP contribution in [0.1, 0.15) is 354 Å². The van der Waals surface area contributed by atoms with Gasteiger partial charge in [0.1, 0.15) is 0 Å². The largest absolute Gasteiger partial charge is 0.466 e. The molecular formula is C63H123NO5. The number of carbonyl (C=O) groups excluding carboxylic acids is 2. The minimum Gasteiger partial charge on any atom is -0.466 e. The highest BCUT2D eigenvalue weighted by Gasteiger charge is 2.20. The Bertz CT molecular complexity index is 1030. The van der Waals surface area contributed by atoms with E-state index in [2.05, 4.69) is 31.3 Å². The Morgan fingerprint density at radius 3 is 1.03 bits per heavy atom. The Kier molecular flexibility index (Phi) is 58.0. The third kappa shape index (κ3) is 55.8. The molecule has 6 heteroatoms. The van der Waals surface area contributed by atoms with Crippen LogP contribution >= 0.6 is 0 Å². The molecule has 0 heterocycles. The number of esters is 1. The zero-order chi connectivity index (χ0) is 50.0. The second-order valence-corrected chi connectivity index (χ2v) is 21.7. The van der Waals surface area contributed by atoms with Crippen molar-refractivity contribution in [2.45, 2.75) is 366 Å². The van der Waals surface area contributed by atoms with Crippen molar-refractivity contribution in [3.8, 4) is 0 Å². The molecule has 0 radical (unpaired) electrons. The number of aliphatic hydroxyl groups is 2. The van der Waals surface area contributed by atoms with Gasteiger partial charge >= 0.3 is 5.97 Å². The van der Waals surface area contributed by atoms with Crippen molar-refractivity contribution in [1.82, 2.24) is 5.32 Å². The molecule has 0 fully saturated rings. The molecule has 0 aliphatic heterocycles. The molecule has 0 aromatic carbocycles. The molecule has 0 rings (SSSR count). The highest BCUT2D eigenvalue weighted by molar-refractivity contribution is 5.76. The van der Waals surface area contributed by atoms with Crippen molar-refractivity contribution in [2.75, 3.05) is 13.2 Å². The Labute approximate surface area is 431 Å². The minimum atomic E-state index is -0.668. The van der Waals surface area contributed by atoms with Crippen molar-refractivity contribution in [1.29, 1.82) is 0 Å². The molecule has 0 saturated carbocycles. The summed E-state index contributed by atoms with van der Waals surface area (Å²) >= 11 is 0. The van der Waals surface area contributed by atoms with Gasteiger partial charge in [-0.3, -0.25) is 9.59 Å². The highest BCUT2D eigenvalue weighted by atomic mass is 16.5. The number of rotatable bonds is 59. The lowest BCUT2D eigenvalue weighted by Crippen LogP contribution is -2.45. The van der Waals surface area contributed by atoms with Gasteiger partial charge in [0.25, 0.3) is 0 Å². The van der Waals surface area contributed by atoms with Crippen molar-refractivity contribution < 1.29 is 24.5 Å². The average Bonchev–Trinajstić information content (AvgIpc) is 3.35. The molecule has 2 atom stereocenters. The van der Waals surface area contributed by atoms with Crippen LogP contribution in [0.15, 0.2) is 12.2 Å². The van der Waals surface area contributed by atoms with Gasteiger partial charge in [-0.2, -0.15) is 0 Å². The summed E-state index contributed by atoms with van der Waals surface area (Å²) < 4.78 is 5.48. The van der Waals surface area contributed by atoms with Crippen LogP contribution in [0.2, 0.25) is 0 Å². The summed E-state index contributed by atoms with van der Waals surface area (Å²) in [5, 5.41) is 23.4. The topological polar surface area (TPSA) is 95.9 Å². The first-order chi connectivity index (χ1) is 34.0. The van der Waals surface area contributed by atoms with Crippen molar-refractivity contribution in [3.63, 3.8) is 0 Å². The Morgan fingerprint density at radius 1 is 0.391 bits per heavy atom. The van der Waals surface area contributed by atoms with E-state index >= 15 is 0 Å². The molecule has 2 unspecified atom stereocenters. The van der Waals surface area contributed by atoms with Crippen LogP contribution in [0.3, 0.4) is 0 Å². The normalized spacial score (nSPS) is 12.6. The second kappa shape index (κ2) is 59.2. The van der Waals surface area contributed by atoms with Gasteiger partial charge in [-0.15, -0.1) is 0 Å². The molecule has 0 aromatic rings. The molecule has 6 nitrogen and oxygen atoms in total. The van der Waals surface area contributed by atoms with Crippen molar-refractivity contribution >= 4 is 11.9 Å². The van der Waals surface area contributed by atoms with Gasteiger partial charge in [0.15, 0.2) is 0 Å². The summed E-state index contributed by atoms with van der Waals surface area (Å²) in [6, 6.07) is -0.546. The third-order valence-corrected chi connectivity index (χ3v) is 14.8. The summed E-state index contributed by atoms with van der Waals surface area (Å²) in [5.74, 6) is -0.0381.